The Balaban J connectivity index is 1.74. The van der Waals surface area contributed by atoms with Gasteiger partial charge in [0.2, 0.25) is 5.91 Å². The lowest BCUT2D eigenvalue weighted by Gasteiger charge is -2.12. The van der Waals surface area contributed by atoms with Crippen LogP contribution in [0.25, 0.3) is 5.69 Å². The van der Waals surface area contributed by atoms with Crippen molar-refractivity contribution in [2.45, 2.75) is 27.2 Å². The van der Waals surface area contributed by atoms with Crippen molar-refractivity contribution in [2.24, 2.45) is 0 Å². The van der Waals surface area contributed by atoms with Gasteiger partial charge in [-0.2, -0.15) is 5.10 Å². The van der Waals surface area contributed by atoms with Gasteiger partial charge >= 0.3 is 0 Å². The van der Waals surface area contributed by atoms with Crippen molar-refractivity contribution in [3.8, 4) is 11.4 Å². The predicted molar refractivity (Wildman–Crippen MR) is 103 cm³/mol. The monoisotopic (exact) mass is 349 g/mol. The number of carbonyl (C=O) groups is 1. The summed E-state index contributed by atoms with van der Waals surface area (Å²) < 4.78 is 7.28. The van der Waals surface area contributed by atoms with E-state index in [0.717, 1.165) is 34.1 Å². The van der Waals surface area contributed by atoms with Crippen molar-refractivity contribution < 1.29 is 9.53 Å². The number of para-hydroxylation sites is 2. The van der Waals surface area contributed by atoms with E-state index in [-0.39, 0.29) is 5.91 Å². The summed E-state index contributed by atoms with van der Waals surface area (Å²) in [4.78, 5) is 12.5. The third-order valence-electron chi connectivity index (χ3n) is 4.01. The molecule has 0 saturated carbocycles. The molecule has 134 valence electrons. The lowest BCUT2D eigenvalue weighted by atomic mass is 10.1. The molecule has 3 aromatic rings. The van der Waals surface area contributed by atoms with Crippen molar-refractivity contribution in [1.29, 1.82) is 0 Å². The summed E-state index contributed by atoms with van der Waals surface area (Å²) in [6, 6.07) is 17.3. The zero-order valence-electron chi connectivity index (χ0n) is 15.3. The van der Waals surface area contributed by atoms with Gasteiger partial charge in [0.05, 0.1) is 30.1 Å². The van der Waals surface area contributed by atoms with Gasteiger partial charge in [-0.15, -0.1) is 0 Å². The first-order valence-corrected chi connectivity index (χ1v) is 8.71. The number of ether oxygens (including phenoxy) is 1. The fraction of sp³-hybridized carbons (Fsp3) is 0.238. The van der Waals surface area contributed by atoms with E-state index in [4.69, 9.17) is 4.74 Å². The molecule has 0 aliphatic heterocycles. The highest BCUT2D eigenvalue weighted by atomic mass is 16.5. The van der Waals surface area contributed by atoms with Crippen LogP contribution in [0, 0.1) is 13.8 Å². The summed E-state index contributed by atoms with van der Waals surface area (Å²) in [7, 11) is 0. The first kappa shape index (κ1) is 17.7. The molecular formula is C21H23N3O2. The van der Waals surface area contributed by atoms with Gasteiger partial charge in [0.25, 0.3) is 0 Å². The van der Waals surface area contributed by atoms with E-state index in [1.165, 1.54) is 0 Å². The lowest BCUT2D eigenvalue weighted by Crippen LogP contribution is -2.16. The summed E-state index contributed by atoms with van der Waals surface area (Å²) in [6.45, 7) is 6.53. The van der Waals surface area contributed by atoms with Gasteiger partial charge in [-0.05, 0) is 56.7 Å². The summed E-state index contributed by atoms with van der Waals surface area (Å²) in [5.41, 5.74) is 4.51. The van der Waals surface area contributed by atoms with Crippen LogP contribution in [0.3, 0.4) is 0 Å². The molecular weight excluding hydrogens is 326 g/mol. The predicted octanol–water partition coefficient (Wildman–Crippen LogP) is 4.07. The number of benzene rings is 2. The summed E-state index contributed by atoms with van der Waals surface area (Å²) >= 11 is 0. The molecule has 0 spiro atoms. The van der Waals surface area contributed by atoms with E-state index in [2.05, 4.69) is 10.4 Å². The second-order valence-corrected chi connectivity index (χ2v) is 6.16. The second-order valence-electron chi connectivity index (χ2n) is 6.16. The Morgan fingerprint density at radius 1 is 1.12 bits per heavy atom. The van der Waals surface area contributed by atoms with Gasteiger partial charge in [-0.3, -0.25) is 4.79 Å². The smallest absolute Gasteiger partial charge is 0.228 e. The molecule has 1 amide bonds. The first-order valence-electron chi connectivity index (χ1n) is 8.71. The number of hydrogen-bond acceptors (Lipinski definition) is 3. The van der Waals surface area contributed by atoms with Crippen LogP contribution in [0.1, 0.15) is 23.9 Å². The Morgan fingerprint density at radius 3 is 2.50 bits per heavy atom. The van der Waals surface area contributed by atoms with Crippen LogP contribution in [0.5, 0.6) is 5.75 Å². The topological polar surface area (TPSA) is 56.1 Å². The van der Waals surface area contributed by atoms with Crippen molar-refractivity contribution in [3.63, 3.8) is 0 Å². The summed E-state index contributed by atoms with van der Waals surface area (Å²) in [6.07, 6.45) is 0.303. The second kappa shape index (κ2) is 7.87. The fourth-order valence-electron chi connectivity index (χ4n) is 2.89. The maximum Gasteiger partial charge on any atom is 0.228 e. The first-order chi connectivity index (χ1) is 12.6. The number of rotatable bonds is 6. The molecule has 1 heterocycles. The molecule has 1 N–H and O–H groups in total. The van der Waals surface area contributed by atoms with Gasteiger partial charge in [-0.25, -0.2) is 4.68 Å². The van der Waals surface area contributed by atoms with Crippen molar-refractivity contribution in [1.82, 2.24) is 9.78 Å². The van der Waals surface area contributed by atoms with E-state index in [9.17, 15) is 4.79 Å². The zero-order valence-corrected chi connectivity index (χ0v) is 15.3. The molecule has 0 bridgehead atoms. The summed E-state index contributed by atoms with van der Waals surface area (Å²) in [5.74, 6) is 0.745. The van der Waals surface area contributed by atoms with Crippen LogP contribution in [-0.2, 0) is 11.2 Å². The highest BCUT2D eigenvalue weighted by Crippen LogP contribution is 2.22. The molecule has 0 aliphatic carbocycles. The molecule has 1 aromatic heterocycles. The van der Waals surface area contributed by atoms with Gasteiger partial charge < -0.3 is 10.1 Å². The van der Waals surface area contributed by atoms with E-state index in [0.29, 0.717) is 13.0 Å². The molecule has 3 rings (SSSR count). The number of aromatic nitrogens is 2. The third-order valence-corrected chi connectivity index (χ3v) is 4.01. The maximum atomic E-state index is 12.5. The lowest BCUT2D eigenvalue weighted by molar-refractivity contribution is -0.115. The Morgan fingerprint density at radius 2 is 1.85 bits per heavy atom. The third kappa shape index (κ3) is 4.11. The van der Waals surface area contributed by atoms with E-state index >= 15 is 0 Å². The molecule has 0 atom stereocenters. The standard InChI is InChI=1S/C21H23N3O2/c1-4-26-18-11-9-17(10-12-18)14-21(25)22-19-7-5-6-8-20(19)24-16(3)13-15(2)23-24/h5-13H,4,14H2,1-3H3,(H,22,25). The van der Waals surface area contributed by atoms with Gasteiger partial charge in [0.1, 0.15) is 5.75 Å². The number of hydrogen-bond donors (Lipinski definition) is 1. The van der Waals surface area contributed by atoms with Gasteiger partial charge in [0.15, 0.2) is 0 Å². The Labute approximate surface area is 153 Å². The van der Waals surface area contributed by atoms with Crippen molar-refractivity contribution in [2.75, 3.05) is 11.9 Å². The molecule has 0 aliphatic rings. The minimum atomic E-state index is -0.0665. The SMILES string of the molecule is CCOc1ccc(CC(=O)Nc2ccccc2-n2nc(C)cc2C)cc1. The highest BCUT2D eigenvalue weighted by Gasteiger charge is 2.11. The number of anilines is 1. The van der Waals surface area contributed by atoms with Gasteiger partial charge in [-0.1, -0.05) is 24.3 Å². The van der Waals surface area contributed by atoms with Crippen LogP contribution < -0.4 is 10.1 Å². The molecule has 5 nitrogen and oxygen atoms in total. The number of nitrogens with one attached hydrogen (secondary N) is 1. The number of carbonyl (C=O) groups excluding carboxylic acids is 1. The molecule has 0 unspecified atom stereocenters. The average molecular weight is 349 g/mol. The summed E-state index contributed by atoms with van der Waals surface area (Å²) in [5, 5.41) is 7.51. The fourth-order valence-corrected chi connectivity index (χ4v) is 2.89. The van der Waals surface area contributed by atoms with Crippen molar-refractivity contribution in [3.05, 3.63) is 71.5 Å². The van der Waals surface area contributed by atoms with Crippen LogP contribution in [0.4, 0.5) is 5.69 Å². The van der Waals surface area contributed by atoms with Gasteiger partial charge in [0, 0.05) is 5.69 Å². The van der Waals surface area contributed by atoms with E-state index < -0.39 is 0 Å². The normalized spacial score (nSPS) is 10.6. The number of aryl methyl sites for hydroxylation is 2. The molecule has 5 heteroatoms. The minimum Gasteiger partial charge on any atom is -0.494 e. The Bertz CT molecular complexity index is 898. The average Bonchev–Trinajstić information content (AvgIpc) is 2.95. The van der Waals surface area contributed by atoms with Crippen LogP contribution in [-0.4, -0.2) is 22.3 Å². The van der Waals surface area contributed by atoms with Crippen LogP contribution in [0.15, 0.2) is 54.6 Å². The largest absolute Gasteiger partial charge is 0.494 e. The molecule has 2 aromatic carbocycles. The Hall–Kier alpha value is -3.08. The maximum absolute atomic E-state index is 12.5. The van der Waals surface area contributed by atoms with Crippen LogP contribution >= 0.6 is 0 Å². The molecule has 0 fully saturated rings. The minimum absolute atomic E-state index is 0.0665. The Kier molecular flexibility index (Phi) is 5.37. The van der Waals surface area contributed by atoms with Crippen LogP contribution in [0.2, 0.25) is 0 Å². The quantitative estimate of drug-likeness (QED) is 0.730. The zero-order chi connectivity index (χ0) is 18.5. The van der Waals surface area contributed by atoms with E-state index in [1.54, 1.807) is 0 Å². The highest BCUT2D eigenvalue weighted by molar-refractivity contribution is 5.94. The molecule has 0 radical (unpaired) electrons. The van der Waals surface area contributed by atoms with Crippen molar-refractivity contribution >= 4 is 11.6 Å². The number of nitrogens with zero attached hydrogens (tertiary/aromatic N) is 2. The molecule has 0 saturated heterocycles. The van der Waals surface area contributed by atoms with E-state index in [1.807, 2.05) is 80.1 Å². The molecule has 26 heavy (non-hydrogen) atoms. The number of amides is 1.